The third-order valence-corrected chi connectivity index (χ3v) is 9.74. The summed E-state index contributed by atoms with van der Waals surface area (Å²) in [6.45, 7) is 4.21. The Morgan fingerprint density at radius 2 is 1.29 bits per heavy atom. The van der Waals surface area contributed by atoms with Gasteiger partial charge in [-0.1, -0.05) is 105 Å². The molecule has 0 saturated heterocycles. The van der Waals surface area contributed by atoms with Crippen LogP contribution in [0.1, 0.15) is 46.3 Å². The van der Waals surface area contributed by atoms with Crippen LogP contribution in [0, 0.1) is 19.1 Å². The molecule has 3 aromatic heterocycles. The van der Waals surface area contributed by atoms with Crippen LogP contribution in [0.5, 0.6) is 0 Å². The molecule has 8 rings (SSSR count). The Hall–Kier alpha value is -4.43. The molecule has 0 unspecified atom stereocenters. The second kappa shape index (κ2) is 11.8. The molecule has 4 heteroatoms. The minimum absolute atomic E-state index is 0. The second-order valence-corrected chi connectivity index (χ2v) is 12.3. The molecule has 2 nitrogen and oxygen atoms in total. The van der Waals surface area contributed by atoms with E-state index in [1.807, 2.05) is 0 Å². The molecule has 0 saturated carbocycles. The molecule has 0 spiro atoms. The van der Waals surface area contributed by atoms with E-state index in [0.29, 0.717) is 0 Å². The maximum absolute atomic E-state index is 5.44. The van der Waals surface area contributed by atoms with Crippen molar-refractivity contribution in [2.75, 3.05) is 0 Å². The number of aromatic nitrogens is 2. The molecule has 0 N–H and O–H groups in total. The van der Waals surface area contributed by atoms with E-state index < -0.39 is 5.41 Å². The number of thiophene rings is 1. The molecule has 45 heavy (non-hydrogen) atoms. The molecule has 0 fully saturated rings. The van der Waals surface area contributed by atoms with Gasteiger partial charge < -0.3 is 0 Å². The van der Waals surface area contributed by atoms with Crippen LogP contribution < -0.4 is 0 Å². The van der Waals surface area contributed by atoms with Gasteiger partial charge in [0.2, 0.25) is 0 Å². The first-order valence-corrected chi connectivity index (χ1v) is 15.7. The van der Waals surface area contributed by atoms with Gasteiger partial charge in [-0.3, -0.25) is 9.97 Å². The van der Waals surface area contributed by atoms with Gasteiger partial charge in [-0.15, -0.1) is 64.6 Å². The number of rotatable bonds is 5. The maximum atomic E-state index is 5.44. The zero-order chi connectivity index (χ0) is 29.7. The Labute approximate surface area is 282 Å². The SMILES string of the molecule is CC(=[C-]c1ccccc1C)c1cccc(C2(c3cccc(-c4[c-]c5ccccc5s4)n3)c3ccccc3-c3ccccc32)n1.[Pt+2]. The normalized spacial score (nSPS) is 13.2. The molecule has 4 aromatic carbocycles. The van der Waals surface area contributed by atoms with Gasteiger partial charge in [0.25, 0.3) is 0 Å². The van der Waals surface area contributed by atoms with Gasteiger partial charge in [-0.2, -0.15) is 0 Å². The topological polar surface area (TPSA) is 25.8 Å². The molecular weight excluding hydrogens is 748 g/mol. The Bertz CT molecular complexity index is 2150. The van der Waals surface area contributed by atoms with Crippen molar-refractivity contribution in [2.45, 2.75) is 19.3 Å². The van der Waals surface area contributed by atoms with Crippen molar-refractivity contribution in [3.8, 4) is 21.7 Å². The first kappa shape index (κ1) is 29.3. The molecule has 0 atom stereocenters. The quantitative estimate of drug-likeness (QED) is 0.163. The van der Waals surface area contributed by atoms with Crippen LogP contribution in [0.4, 0.5) is 0 Å². The molecule has 3 heterocycles. The summed E-state index contributed by atoms with van der Waals surface area (Å²) in [5, 5.41) is 1.12. The number of hydrogen-bond donors (Lipinski definition) is 0. The number of hydrogen-bond acceptors (Lipinski definition) is 3. The van der Waals surface area contributed by atoms with Crippen LogP contribution in [0.2, 0.25) is 0 Å². The van der Waals surface area contributed by atoms with E-state index in [-0.39, 0.29) is 21.1 Å². The van der Waals surface area contributed by atoms with Crippen molar-refractivity contribution in [3.05, 3.63) is 185 Å². The maximum Gasteiger partial charge on any atom is 2.00 e. The smallest absolute Gasteiger partial charge is 0.299 e. The van der Waals surface area contributed by atoms with Gasteiger partial charge in [0.15, 0.2) is 0 Å². The van der Waals surface area contributed by atoms with Gasteiger partial charge in [0.05, 0.1) is 11.4 Å². The molecule has 218 valence electrons. The summed E-state index contributed by atoms with van der Waals surface area (Å²) in [5.41, 5.74) is 11.1. The average molecular weight is 776 g/mol. The van der Waals surface area contributed by atoms with Gasteiger partial charge in [0, 0.05) is 5.69 Å². The third kappa shape index (κ3) is 4.83. The van der Waals surface area contributed by atoms with Crippen LogP contribution >= 0.6 is 11.3 Å². The Kier molecular flexibility index (Phi) is 7.69. The Morgan fingerprint density at radius 3 is 2.02 bits per heavy atom. The number of benzene rings is 4. The summed E-state index contributed by atoms with van der Waals surface area (Å²) in [4.78, 5) is 11.9. The molecule has 0 aliphatic heterocycles. The van der Waals surface area contributed by atoms with Gasteiger partial charge in [0.1, 0.15) is 5.41 Å². The van der Waals surface area contributed by atoms with E-state index in [4.69, 9.17) is 9.97 Å². The van der Waals surface area contributed by atoms with E-state index >= 15 is 0 Å². The van der Waals surface area contributed by atoms with Crippen molar-refractivity contribution in [3.63, 3.8) is 0 Å². The van der Waals surface area contributed by atoms with E-state index in [0.717, 1.165) is 44.2 Å². The number of nitrogens with zero attached hydrogens (tertiary/aromatic N) is 2. The van der Waals surface area contributed by atoms with E-state index in [1.165, 1.54) is 32.5 Å². The third-order valence-electron chi connectivity index (χ3n) is 8.65. The van der Waals surface area contributed by atoms with Crippen LogP contribution in [-0.2, 0) is 26.5 Å². The van der Waals surface area contributed by atoms with Crippen molar-refractivity contribution < 1.29 is 21.1 Å². The number of pyridine rings is 2. The monoisotopic (exact) mass is 775 g/mol. The zero-order valence-electron chi connectivity index (χ0n) is 24.8. The Balaban J connectivity index is 0.00000325. The van der Waals surface area contributed by atoms with Crippen LogP contribution in [0.15, 0.2) is 133 Å². The standard InChI is InChI=1S/C41H28N2S.Pt/c1-27-13-3-4-14-29(27)25-28(2)35-20-11-23-39(42-35)41(33-18-8-6-16-31(33)32-17-7-9-19-34(32)41)40-24-12-21-36(43-40)38-26-30-15-5-10-22-37(30)44-38;/h3-24H,1-2H3;/q-2;+2. The van der Waals surface area contributed by atoms with Crippen molar-refractivity contribution >= 4 is 27.0 Å². The fourth-order valence-electron chi connectivity index (χ4n) is 6.55. The summed E-state index contributed by atoms with van der Waals surface area (Å²) in [5.74, 6) is 0. The molecular formula is C41H28N2PtS. The zero-order valence-corrected chi connectivity index (χ0v) is 27.9. The predicted octanol–water partition coefficient (Wildman–Crippen LogP) is 10.1. The predicted molar refractivity (Wildman–Crippen MR) is 182 cm³/mol. The van der Waals surface area contributed by atoms with Gasteiger partial charge >= 0.3 is 21.1 Å². The Morgan fingerprint density at radius 1 is 0.667 bits per heavy atom. The molecule has 1 aliphatic carbocycles. The van der Waals surface area contributed by atoms with E-state index in [1.54, 1.807) is 11.3 Å². The largest absolute Gasteiger partial charge is 2.00 e. The fraction of sp³-hybridized carbons (Fsp3) is 0.0732. The minimum Gasteiger partial charge on any atom is -0.299 e. The van der Waals surface area contributed by atoms with Crippen LogP contribution in [-0.4, -0.2) is 9.97 Å². The number of aryl methyl sites for hydroxylation is 1. The summed E-state index contributed by atoms with van der Waals surface area (Å²) in [7, 11) is 0. The first-order chi connectivity index (χ1) is 21.6. The summed E-state index contributed by atoms with van der Waals surface area (Å²) in [6, 6.07) is 50.5. The van der Waals surface area contributed by atoms with Crippen molar-refractivity contribution in [1.82, 2.24) is 9.97 Å². The fourth-order valence-corrected chi connectivity index (χ4v) is 7.53. The van der Waals surface area contributed by atoms with Crippen molar-refractivity contribution in [1.29, 1.82) is 0 Å². The average Bonchev–Trinajstić information content (AvgIpc) is 3.64. The van der Waals surface area contributed by atoms with Crippen LogP contribution in [0.25, 0.3) is 37.4 Å². The first-order valence-electron chi connectivity index (χ1n) is 14.9. The number of fused-ring (bicyclic) bond motifs is 4. The van der Waals surface area contributed by atoms with Gasteiger partial charge in [-0.05, 0) is 49.7 Å². The summed E-state index contributed by atoms with van der Waals surface area (Å²) < 4.78 is 1.21. The van der Waals surface area contributed by atoms with Crippen LogP contribution in [0.3, 0.4) is 0 Å². The molecule has 0 radical (unpaired) electrons. The number of allylic oxidation sites excluding steroid dienone is 1. The molecule has 0 amide bonds. The summed E-state index contributed by atoms with van der Waals surface area (Å²) in [6.07, 6.45) is 3.61. The second-order valence-electron chi connectivity index (χ2n) is 11.3. The molecule has 7 aromatic rings. The minimum atomic E-state index is -0.696. The van der Waals surface area contributed by atoms with Gasteiger partial charge in [-0.25, -0.2) is 11.3 Å². The molecule has 0 bridgehead atoms. The summed E-state index contributed by atoms with van der Waals surface area (Å²) >= 11 is 1.73. The van der Waals surface area contributed by atoms with Crippen molar-refractivity contribution in [2.24, 2.45) is 0 Å². The van der Waals surface area contributed by atoms with E-state index in [2.05, 4.69) is 159 Å². The molecule has 1 aliphatic rings. The van der Waals surface area contributed by atoms with E-state index in [9.17, 15) is 0 Å².